The second-order valence-electron chi connectivity index (χ2n) is 9.97. The fourth-order valence-corrected chi connectivity index (χ4v) is 5.51. The van der Waals surface area contributed by atoms with Crippen LogP contribution < -0.4 is 9.64 Å². The first kappa shape index (κ1) is 23.7. The number of rotatable bonds is 6. The predicted octanol–water partition coefficient (Wildman–Crippen LogP) is 3.69. The van der Waals surface area contributed by atoms with Gasteiger partial charge in [-0.25, -0.2) is 14.4 Å². The number of halogens is 1. The molecule has 37 heavy (non-hydrogen) atoms. The van der Waals surface area contributed by atoms with Crippen LogP contribution >= 0.6 is 0 Å². The van der Waals surface area contributed by atoms with Crippen molar-refractivity contribution in [1.82, 2.24) is 24.8 Å². The number of nitrogens with one attached hydrogen (secondary N) is 1. The van der Waals surface area contributed by atoms with E-state index in [0.29, 0.717) is 31.4 Å². The standard InChI is InChI=1S/C28H31FN6O2/c29-21-3-5-22(6-4-21)37-19-20-2-1-11-35(17-20)26(36)18-33-12-14-34(15-13-33)25-8-10-30-24-16-32-28-23(27(24)25)7-9-31-28/h3-10,16,20,30H,1-2,11-15,17-19H2. The Morgan fingerprint density at radius 3 is 2.73 bits per heavy atom. The highest BCUT2D eigenvalue weighted by atomic mass is 19.1. The summed E-state index contributed by atoms with van der Waals surface area (Å²) < 4.78 is 19.0. The van der Waals surface area contributed by atoms with Gasteiger partial charge < -0.3 is 19.5 Å². The number of carbonyl (C=O) groups is 1. The Morgan fingerprint density at radius 1 is 1.05 bits per heavy atom. The number of H-pyrrole nitrogens is 1. The molecule has 2 fully saturated rings. The maximum Gasteiger partial charge on any atom is 0.236 e. The molecule has 2 aliphatic rings. The van der Waals surface area contributed by atoms with E-state index in [4.69, 9.17) is 4.74 Å². The molecule has 192 valence electrons. The summed E-state index contributed by atoms with van der Waals surface area (Å²) in [6.45, 7) is 5.90. The van der Waals surface area contributed by atoms with E-state index in [1.54, 1.807) is 18.3 Å². The van der Waals surface area contributed by atoms with E-state index < -0.39 is 0 Å². The molecule has 2 saturated heterocycles. The zero-order chi connectivity index (χ0) is 25.2. The Kier molecular flexibility index (Phi) is 6.61. The highest BCUT2D eigenvalue weighted by Crippen LogP contribution is 2.31. The van der Waals surface area contributed by atoms with E-state index in [9.17, 15) is 9.18 Å². The SMILES string of the molecule is O=C(CN1CCN(c2cc[nH]c3cnc4nccc4c23)CC1)N1CCCC(COc2ccc(F)cc2)C1. The Hall–Kier alpha value is -3.72. The van der Waals surface area contributed by atoms with Gasteiger partial charge in [0.05, 0.1) is 24.9 Å². The minimum atomic E-state index is -0.271. The zero-order valence-electron chi connectivity index (χ0n) is 20.8. The molecule has 6 rings (SSSR count). The summed E-state index contributed by atoms with van der Waals surface area (Å²) in [5.74, 6) is 0.876. The number of anilines is 1. The Balaban J connectivity index is 1.03. The Morgan fingerprint density at radius 2 is 1.89 bits per heavy atom. The number of aromatic amines is 1. The molecule has 5 heterocycles. The molecule has 0 bridgehead atoms. The van der Waals surface area contributed by atoms with Crippen molar-refractivity contribution in [3.05, 3.63) is 60.8 Å². The molecule has 0 aliphatic carbocycles. The van der Waals surface area contributed by atoms with Crippen LogP contribution in [-0.2, 0) is 4.79 Å². The van der Waals surface area contributed by atoms with Crippen LogP contribution in [0.4, 0.5) is 10.1 Å². The van der Waals surface area contributed by atoms with Gasteiger partial charge in [-0.1, -0.05) is 0 Å². The molecule has 3 aromatic heterocycles. The third-order valence-electron chi connectivity index (χ3n) is 7.51. The van der Waals surface area contributed by atoms with Crippen molar-refractivity contribution < 1.29 is 13.9 Å². The van der Waals surface area contributed by atoms with Gasteiger partial charge in [-0.15, -0.1) is 0 Å². The number of hydrogen-bond donors (Lipinski definition) is 1. The molecule has 1 aromatic carbocycles. The van der Waals surface area contributed by atoms with Gasteiger partial charge in [-0.2, -0.15) is 0 Å². The fourth-order valence-electron chi connectivity index (χ4n) is 5.51. The summed E-state index contributed by atoms with van der Waals surface area (Å²) in [6, 6.07) is 10.2. The minimum absolute atomic E-state index is 0.190. The van der Waals surface area contributed by atoms with Crippen molar-refractivity contribution in [3.8, 4) is 5.75 Å². The van der Waals surface area contributed by atoms with Crippen molar-refractivity contribution in [2.75, 3.05) is 57.3 Å². The molecule has 1 atom stereocenters. The minimum Gasteiger partial charge on any atom is -0.493 e. The normalized spacial score (nSPS) is 19.0. The number of likely N-dealkylation sites (tertiary alicyclic amines) is 1. The van der Waals surface area contributed by atoms with Crippen LogP contribution in [0.25, 0.3) is 21.9 Å². The second-order valence-corrected chi connectivity index (χ2v) is 9.97. The number of ether oxygens (including phenoxy) is 1. The van der Waals surface area contributed by atoms with Crippen molar-refractivity contribution >= 4 is 33.5 Å². The number of aromatic nitrogens is 3. The Bertz CT molecular complexity index is 1380. The van der Waals surface area contributed by atoms with Gasteiger partial charge in [-0.05, 0) is 49.2 Å². The molecule has 4 aromatic rings. The second kappa shape index (κ2) is 10.3. The van der Waals surface area contributed by atoms with Crippen LogP contribution in [-0.4, -0.2) is 83.1 Å². The molecule has 2 aliphatic heterocycles. The maximum atomic E-state index is 13.1. The molecule has 1 unspecified atom stereocenters. The highest BCUT2D eigenvalue weighted by Gasteiger charge is 2.27. The molecule has 8 nitrogen and oxygen atoms in total. The first-order valence-corrected chi connectivity index (χ1v) is 13.0. The third-order valence-corrected chi connectivity index (χ3v) is 7.51. The topological polar surface area (TPSA) is 77.6 Å². The number of hydrogen-bond acceptors (Lipinski definition) is 6. The van der Waals surface area contributed by atoms with E-state index in [-0.39, 0.29) is 11.7 Å². The highest BCUT2D eigenvalue weighted by molar-refractivity contribution is 6.10. The first-order valence-electron chi connectivity index (χ1n) is 13.0. The zero-order valence-corrected chi connectivity index (χ0v) is 20.8. The van der Waals surface area contributed by atoms with Crippen LogP contribution in [0.15, 0.2) is 55.0 Å². The van der Waals surface area contributed by atoms with E-state index in [1.807, 2.05) is 23.4 Å². The molecule has 0 radical (unpaired) electrons. The van der Waals surface area contributed by atoms with Gasteiger partial charge in [0.25, 0.3) is 0 Å². The number of amides is 1. The summed E-state index contributed by atoms with van der Waals surface area (Å²) in [4.78, 5) is 31.9. The van der Waals surface area contributed by atoms with E-state index in [2.05, 4.69) is 30.8 Å². The van der Waals surface area contributed by atoms with Gasteiger partial charge in [0.15, 0.2) is 5.65 Å². The van der Waals surface area contributed by atoms with Gasteiger partial charge in [0.2, 0.25) is 5.91 Å². The lowest BCUT2D eigenvalue weighted by Gasteiger charge is -2.38. The number of carbonyl (C=O) groups excluding carboxylic acids is 1. The van der Waals surface area contributed by atoms with Crippen molar-refractivity contribution in [1.29, 1.82) is 0 Å². The number of pyridine rings is 2. The van der Waals surface area contributed by atoms with Crippen molar-refractivity contribution in [2.24, 2.45) is 5.92 Å². The quantitative estimate of drug-likeness (QED) is 0.433. The number of nitrogens with zero attached hydrogens (tertiary/aromatic N) is 5. The molecule has 0 spiro atoms. The molecule has 1 amide bonds. The number of piperazine rings is 1. The van der Waals surface area contributed by atoms with E-state index in [1.165, 1.54) is 17.8 Å². The van der Waals surface area contributed by atoms with Crippen LogP contribution in [0.5, 0.6) is 5.75 Å². The largest absolute Gasteiger partial charge is 0.493 e. The van der Waals surface area contributed by atoms with Crippen LogP contribution in [0.1, 0.15) is 12.8 Å². The molecule has 0 saturated carbocycles. The molecule has 9 heteroatoms. The van der Waals surface area contributed by atoms with Gasteiger partial charge >= 0.3 is 0 Å². The lowest BCUT2D eigenvalue weighted by atomic mass is 9.99. The van der Waals surface area contributed by atoms with Crippen molar-refractivity contribution in [2.45, 2.75) is 12.8 Å². The number of fused-ring (bicyclic) bond motifs is 3. The van der Waals surface area contributed by atoms with Crippen LogP contribution in [0.2, 0.25) is 0 Å². The first-order chi connectivity index (χ1) is 18.1. The Labute approximate surface area is 215 Å². The number of benzene rings is 1. The predicted molar refractivity (Wildman–Crippen MR) is 141 cm³/mol. The van der Waals surface area contributed by atoms with Gasteiger partial charge in [-0.3, -0.25) is 9.69 Å². The summed E-state index contributed by atoms with van der Waals surface area (Å²) in [5.41, 5.74) is 2.94. The fraction of sp³-hybridized carbons (Fsp3) is 0.393. The average molecular weight is 503 g/mol. The average Bonchev–Trinajstić information content (AvgIpc) is 3.42. The molecule has 1 N–H and O–H groups in total. The monoisotopic (exact) mass is 502 g/mol. The molecular formula is C28H31FN6O2. The third kappa shape index (κ3) is 5.09. The lowest BCUT2D eigenvalue weighted by molar-refractivity contribution is -0.134. The van der Waals surface area contributed by atoms with Crippen LogP contribution in [0, 0.1) is 11.7 Å². The van der Waals surface area contributed by atoms with Gasteiger partial charge in [0.1, 0.15) is 11.6 Å². The summed E-state index contributed by atoms with van der Waals surface area (Å²) in [6.07, 6.45) is 7.63. The van der Waals surface area contributed by atoms with Crippen LogP contribution in [0.3, 0.4) is 0 Å². The smallest absolute Gasteiger partial charge is 0.236 e. The maximum absolute atomic E-state index is 13.1. The summed E-state index contributed by atoms with van der Waals surface area (Å²) in [7, 11) is 0. The van der Waals surface area contributed by atoms with E-state index >= 15 is 0 Å². The summed E-state index contributed by atoms with van der Waals surface area (Å²) in [5, 5.41) is 2.21. The number of piperidine rings is 1. The van der Waals surface area contributed by atoms with E-state index in [0.717, 1.165) is 67.5 Å². The summed E-state index contributed by atoms with van der Waals surface area (Å²) >= 11 is 0. The molecular weight excluding hydrogens is 471 g/mol. The van der Waals surface area contributed by atoms with Gasteiger partial charge in [0, 0.05) is 74.0 Å². The lowest BCUT2D eigenvalue weighted by Crippen LogP contribution is -2.51. The van der Waals surface area contributed by atoms with Crippen molar-refractivity contribution in [3.63, 3.8) is 0 Å².